The number of hydrogen-bond acceptors (Lipinski definition) is 3. The van der Waals surface area contributed by atoms with E-state index >= 15 is 0 Å². The Balaban J connectivity index is 2.19. The second-order valence-electron chi connectivity index (χ2n) is 5.26. The molecule has 110 valence electrons. The summed E-state index contributed by atoms with van der Waals surface area (Å²) in [5.41, 5.74) is 6.65. The molecule has 1 saturated heterocycles. The summed E-state index contributed by atoms with van der Waals surface area (Å²) in [7, 11) is 1.72. The van der Waals surface area contributed by atoms with Crippen LogP contribution in [-0.4, -0.2) is 36.5 Å². The molecule has 1 aliphatic rings. The summed E-state index contributed by atoms with van der Waals surface area (Å²) in [6.07, 6.45) is 1.35. The van der Waals surface area contributed by atoms with Crippen LogP contribution in [0.2, 0.25) is 0 Å². The van der Waals surface area contributed by atoms with Crippen molar-refractivity contribution in [1.82, 2.24) is 4.90 Å². The zero-order chi connectivity index (χ0) is 14.7. The molecule has 20 heavy (non-hydrogen) atoms. The molecule has 0 saturated carbocycles. The molecule has 0 aliphatic carbocycles. The highest BCUT2D eigenvalue weighted by atomic mass is 19.1. The molecule has 1 aromatic carbocycles. The molecule has 0 bridgehead atoms. The van der Waals surface area contributed by atoms with Gasteiger partial charge in [0, 0.05) is 26.1 Å². The second kappa shape index (κ2) is 6.22. The van der Waals surface area contributed by atoms with E-state index in [9.17, 15) is 9.18 Å². The van der Waals surface area contributed by atoms with Crippen LogP contribution in [0.15, 0.2) is 18.2 Å². The van der Waals surface area contributed by atoms with Crippen LogP contribution >= 0.6 is 0 Å². The second-order valence-corrected chi connectivity index (χ2v) is 5.26. The molecule has 1 fully saturated rings. The third kappa shape index (κ3) is 3.10. The van der Waals surface area contributed by atoms with Gasteiger partial charge >= 0.3 is 0 Å². The molecule has 2 rings (SSSR count). The van der Waals surface area contributed by atoms with E-state index < -0.39 is 11.9 Å². The lowest BCUT2D eigenvalue weighted by molar-refractivity contribution is -0.132. The molecule has 0 aromatic heterocycles. The number of likely N-dealkylation sites (tertiary alicyclic amines) is 1. The zero-order valence-corrected chi connectivity index (χ0v) is 11.9. The number of ether oxygens (including phenoxy) is 1. The molecule has 0 spiro atoms. The number of halogens is 1. The molecule has 4 nitrogen and oxygen atoms in total. The molecule has 2 N–H and O–H groups in total. The summed E-state index contributed by atoms with van der Waals surface area (Å²) in [5, 5.41) is 0. The minimum atomic E-state index is -0.589. The predicted molar refractivity (Wildman–Crippen MR) is 75.0 cm³/mol. The Bertz CT molecular complexity index is 493. The van der Waals surface area contributed by atoms with E-state index in [1.165, 1.54) is 6.07 Å². The van der Waals surface area contributed by atoms with Gasteiger partial charge in [0.2, 0.25) is 0 Å². The number of carbonyl (C=O) groups excluding carboxylic acids is 1. The molecular formula is C15H21FN2O2. The van der Waals surface area contributed by atoms with Crippen molar-refractivity contribution in [3.05, 3.63) is 29.6 Å². The summed E-state index contributed by atoms with van der Waals surface area (Å²) in [6.45, 7) is 2.63. The van der Waals surface area contributed by atoms with Crippen LogP contribution in [0.4, 0.5) is 4.39 Å². The van der Waals surface area contributed by atoms with E-state index in [4.69, 9.17) is 10.5 Å². The molecule has 2 atom stereocenters. The van der Waals surface area contributed by atoms with Crippen molar-refractivity contribution in [2.75, 3.05) is 13.6 Å². The first-order chi connectivity index (χ1) is 9.52. The average molecular weight is 280 g/mol. The quantitative estimate of drug-likeness (QED) is 0.893. The molecule has 1 aliphatic heterocycles. The fraction of sp³-hybridized carbons (Fsp3) is 0.533. The predicted octanol–water partition coefficient (Wildman–Crippen LogP) is 1.72. The third-order valence-corrected chi connectivity index (χ3v) is 3.69. The van der Waals surface area contributed by atoms with Gasteiger partial charge in [-0.1, -0.05) is 19.1 Å². The topological polar surface area (TPSA) is 55.6 Å². The standard InChI is InChI=1S/C15H21FN2O2/c1-3-11(17)9-10-5-4-6-12(16)14(10)20-13-7-8-18(2)15(13)19/h4-6,11,13H,3,7-9,17H2,1-2H3. The number of carbonyl (C=O) groups is 1. The first-order valence-electron chi connectivity index (χ1n) is 6.97. The number of nitrogens with two attached hydrogens (primary N) is 1. The van der Waals surface area contributed by atoms with Crippen LogP contribution in [0.1, 0.15) is 25.3 Å². The van der Waals surface area contributed by atoms with E-state index in [1.54, 1.807) is 24.1 Å². The Morgan fingerprint density at radius 3 is 2.90 bits per heavy atom. The molecule has 1 aromatic rings. The van der Waals surface area contributed by atoms with Gasteiger partial charge in [-0.2, -0.15) is 0 Å². The van der Waals surface area contributed by atoms with Crippen molar-refractivity contribution < 1.29 is 13.9 Å². The molecule has 5 heteroatoms. The van der Waals surface area contributed by atoms with Crippen molar-refractivity contribution in [2.24, 2.45) is 5.73 Å². The Morgan fingerprint density at radius 1 is 1.55 bits per heavy atom. The third-order valence-electron chi connectivity index (χ3n) is 3.69. The number of hydrogen-bond donors (Lipinski definition) is 1. The lowest BCUT2D eigenvalue weighted by Gasteiger charge is -2.18. The Labute approximate surface area is 118 Å². The van der Waals surface area contributed by atoms with Gasteiger partial charge in [0.05, 0.1) is 0 Å². The van der Waals surface area contributed by atoms with Gasteiger partial charge in [-0.05, 0) is 24.5 Å². The van der Waals surface area contributed by atoms with E-state index in [1.807, 2.05) is 6.92 Å². The summed E-state index contributed by atoms with van der Waals surface area (Å²) in [4.78, 5) is 13.5. The lowest BCUT2D eigenvalue weighted by atomic mass is 10.0. The number of benzene rings is 1. The maximum absolute atomic E-state index is 14.0. The van der Waals surface area contributed by atoms with E-state index in [0.717, 1.165) is 12.0 Å². The van der Waals surface area contributed by atoms with E-state index in [2.05, 4.69) is 0 Å². The number of para-hydroxylation sites is 1. The van der Waals surface area contributed by atoms with Gasteiger partial charge in [0.15, 0.2) is 17.7 Å². The first kappa shape index (κ1) is 14.8. The minimum absolute atomic E-state index is 0.0406. The van der Waals surface area contributed by atoms with Crippen LogP contribution in [0.5, 0.6) is 5.75 Å². The van der Waals surface area contributed by atoms with Crippen LogP contribution in [0.3, 0.4) is 0 Å². The van der Waals surface area contributed by atoms with Gasteiger partial charge in [-0.25, -0.2) is 4.39 Å². The zero-order valence-electron chi connectivity index (χ0n) is 11.9. The highest BCUT2D eigenvalue weighted by Gasteiger charge is 2.32. The molecular weight excluding hydrogens is 259 g/mol. The highest BCUT2D eigenvalue weighted by Crippen LogP contribution is 2.27. The van der Waals surface area contributed by atoms with Gasteiger partial charge < -0.3 is 15.4 Å². The van der Waals surface area contributed by atoms with Crippen molar-refractivity contribution in [3.63, 3.8) is 0 Å². The first-order valence-corrected chi connectivity index (χ1v) is 6.97. The van der Waals surface area contributed by atoms with Gasteiger partial charge in [0.1, 0.15) is 0 Å². The number of rotatable bonds is 5. The summed E-state index contributed by atoms with van der Waals surface area (Å²) in [5.74, 6) is -0.364. The van der Waals surface area contributed by atoms with Gasteiger partial charge in [0.25, 0.3) is 5.91 Å². The largest absolute Gasteiger partial charge is 0.477 e. The van der Waals surface area contributed by atoms with Crippen molar-refractivity contribution >= 4 is 5.91 Å². The minimum Gasteiger partial charge on any atom is -0.477 e. The molecule has 0 radical (unpaired) electrons. The van der Waals surface area contributed by atoms with Crippen LogP contribution in [-0.2, 0) is 11.2 Å². The summed E-state index contributed by atoms with van der Waals surface area (Å²) in [6, 6.07) is 4.75. The molecule has 1 heterocycles. The molecule has 2 unspecified atom stereocenters. The fourth-order valence-electron chi connectivity index (χ4n) is 2.32. The van der Waals surface area contributed by atoms with Gasteiger partial charge in [-0.3, -0.25) is 4.79 Å². The SMILES string of the molecule is CCC(N)Cc1cccc(F)c1OC1CCN(C)C1=O. The summed E-state index contributed by atoms with van der Waals surface area (Å²) >= 11 is 0. The monoisotopic (exact) mass is 280 g/mol. The lowest BCUT2D eigenvalue weighted by Crippen LogP contribution is -2.30. The maximum atomic E-state index is 14.0. The molecule has 1 amide bonds. The van der Waals surface area contributed by atoms with Crippen LogP contribution in [0, 0.1) is 5.82 Å². The highest BCUT2D eigenvalue weighted by molar-refractivity contribution is 5.83. The van der Waals surface area contributed by atoms with Gasteiger partial charge in [-0.15, -0.1) is 0 Å². The smallest absolute Gasteiger partial charge is 0.263 e. The van der Waals surface area contributed by atoms with Crippen LogP contribution in [0.25, 0.3) is 0 Å². The maximum Gasteiger partial charge on any atom is 0.263 e. The van der Waals surface area contributed by atoms with Crippen molar-refractivity contribution in [1.29, 1.82) is 0 Å². The van der Waals surface area contributed by atoms with Crippen LogP contribution < -0.4 is 10.5 Å². The number of amides is 1. The summed E-state index contributed by atoms with van der Waals surface area (Å²) < 4.78 is 19.6. The van der Waals surface area contributed by atoms with Crippen molar-refractivity contribution in [2.45, 2.75) is 38.3 Å². The Kier molecular flexibility index (Phi) is 4.60. The van der Waals surface area contributed by atoms with E-state index in [-0.39, 0.29) is 17.7 Å². The number of likely N-dealkylation sites (N-methyl/N-ethyl adjacent to an activating group) is 1. The van der Waals surface area contributed by atoms with Crippen molar-refractivity contribution in [3.8, 4) is 5.75 Å². The fourth-order valence-corrected chi connectivity index (χ4v) is 2.32. The van der Waals surface area contributed by atoms with E-state index in [0.29, 0.717) is 19.4 Å². The number of nitrogens with zero attached hydrogens (tertiary/aromatic N) is 1. The average Bonchev–Trinajstić information content (AvgIpc) is 2.74. The Morgan fingerprint density at radius 2 is 2.30 bits per heavy atom. The Hall–Kier alpha value is -1.62. The normalized spacial score (nSPS) is 20.3.